The van der Waals surface area contributed by atoms with Crippen molar-refractivity contribution in [2.45, 2.75) is 12.8 Å². The van der Waals surface area contributed by atoms with Gasteiger partial charge in [0.05, 0.1) is 31.4 Å². The van der Waals surface area contributed by atoms with Gasteiger partial charge >= 0.3 is 11.7 Å². The maximum atomic E-state index is 12.5. The lowest BCUT2D eigenvalue weighted by atomic mass is 9.80. The largest absolute Gasteiger partial charge is 0.502 e. The Balaban J connectivity index is 1.82. The third kappa shape index (κ3) is 2.29. The van der Waals surface area contributed by atoms with E-state index in [1.54, 1.807) is 6.07 Å². The predicted octanol–water partition coefficient (Wildman–Crippen LogP) is 3.59. The average Bonchev–Trinajstić information content (AvgIpc) is 3.22. The fourth-order valence-corrected chi connectivity index (χ4v) is 4.69. The minimum absolute atomic E-state index is 0.123. The summed E-state index contributed by atoms with van der Waals surface area (Å²) >= 11 is 1.54. The Morgan fingerprint density at radius 3 is 2.96 bits per heavy atom. The molecule has 9 heteroatoms. The van der Waals surface area contributed by atoms with Gasteiger partial charge in [-0.3, -0.25) is 10.1 Å². The molecule has 1 atom stereocenters. The zero-order valence-corrected chi connectivity index (χ0v) is 15.4. The number of carbonyl (C=O) groups excluding carboxylic acids is 1. The molecule has 0 aliphatic carbocycles. The monoisotopic (exact) mass is 395 g/mol. The van der Waals surface area contributed by atoms with Gasteiger partial charge in [-0.15, -0.1) is 11.3 Å². The summed E-state index contributed by atoms with van der Waals surface area (Å²) in [4.78, 5) is 27.8. The number of thiazole rings is 1. The van der Waals surface area contributed by atoms with Crippen LogP contribution in [0.4, 0.5) is 11.4 Å². The van der Waals surface area contributed by atoms with Crippen LogP contribution in [0.3, 0.4) is 0 Å². The third-order valence-corrected chi connectivity index (χ3v) is 5.93. The highest BCUT2D eigenvalue weighted by Gasteiger charge is 2.40. The highest BCUT2D eigenvalue weighted by molar-refractivity contribution is 7.18. The van der Waals surface area contributed by atoms with Crippen molar-refractivity contribution >= 4 is 38.9 Å². The normalized spacial score (nSPS) is 17.9. The molecule has 2 aliphatic rings. The fraction of sp³-hybridized carbons (Fsp3) is 0.158. The summed E-state index contributed by atoms with van der Waals surface area (Å²) in [5.74, 6) is -1.46. The average molecular weight is 395 g/mol. The predicted molar refractivity (Wildman–Crippen MR) is 103 cm³/mol. The van der Waals surface area contributed by atoms with E-state index >= 15 is 0 Å². The van der Waals surface area contributed by atoms with Crippen LogP contribution in [0.5, 0.6) is 5.75 Å². The number of nitrogens with zero attached hydrogens (tertiary/aromatic N) is 2. The van der Waals surface area contributed by atoms with Crippen LogP contribution in [0, 0.1) is 17.0 Å². The molecule has 2 N–H and O–H groups in total. The van der Waals surface area contributed by atoms with Gasteiger partial charge in [-0.25, -0.2) is 9.78 Å². The Morgan fingerprint density at radius 1 is 1.36 bits per heavy atom. The molecule has 0 amide bonds. The lowest BCUT2D eigenvalue weighted by molar-refractivity contribution is -0.385. The lowest BCUT2D eigenvalue weighted by Crippen LogP contribution is -2.20. The van der Waals surface area contributed by atoms with Gasteiger partial charge in [0.15, 0.2) is 5.75 Å². The molecule has 2 aromatic carbocycles. The second-order valence-electron chi connectivity index (χ2n) is 6.64. The number of cyclic esters (lactones) is 1. The van der Waals surface area contributed by atoms with Crippen LogP contribution in [0.15, 0.2) is 41.6 Å². The third-order valence-electron chi connectivity index (χ3n) is 4.99. The van der Waals surface area contributed by atoms with Crippen molar-refractivity contribution < 1.29 is 19.6 Å². The molecule has 0 radical (unpaired) electrons. The van der Waals surface area contributed by atoms with Crippen LogP contribution in [-0.2, 0) is 9.53 Å². The fourth-order valence-electron chi connectivity index (χ4n) is 3.84. The Kier molecular flexibility index (Phi) is 3.44. The number of hydrogen-bond acceptors (Lipinski definition) is 8. The second-order valence-corrected chi connectivity index (χ2v) is 7.87. The second kappa shape index (κ2) is 5.77. The molecule has 140 valence electrons. The smallest absolute Gasteiger partial charge is 0.337 e. The minimum atomic E-state index is -0.642. The van der Waals surface area contributed by atoms with E-state index in [4.69, 9.17) is 4.74 Å². The van der Waals surface area contributed by atoms with Gasteiger partial charge in [-0.05, 0) is 30.7 Å². The van der Waals surface area contributed by atoms with Crippen molar-refractivity contribution in [3.05, 3.63) is 67.9 Å². The first-order valence-electron chi connectivity index (χ1n) is 8.48. The number of aromatic hydroxyl groups is 1. The van der Waals surface area contributed by atoms with E-state index in [2.05, 4.69) is 10.3 Å². The number of carbonyl (C=O) groups is 1. The Hall–Kier alpha value is -3.46. The van der Waals surface area contributed by atoms with Gasteiger partial charge in [0.2, 0.25) is 0 Å². The molecule has 0 saturated heterocycles. The van der Waals surface area contributed by atoms with Gasteiger partial charge in [0.1, 0.15) is 6.61 Å². The number of anilines is 1. The van der Waals surface area contributed by atoms with Crippen molar-refractivity contribution in [2.24, 2.45) is 0 Å². The first kappa shape index (κ1) is 16.7. The van der Waals surface area contributed by atoms with E-state index in [1.165, 1.54) is 23.5 Å². The van der Waals surface area contributed by atoms with Crippen LogP contribution in [0.2, 0.25) is 0 Å². The maximum Gasteiger partial charge on any atom is 0.337 e. The van der Waals surface area contributed by atoms with Crippen LogP contribution >= 0.6 is 11.3 Å². The molecule has 28 heavy (non-hydrogen) atoms. The van der Waals surface area contributed by atoms with Gasteiger partial charge < -0.3 is 15.2 Å². The Bertz CT molecular complexity index is 1230. The molecule has 8 nitrogen and oxygen atoms in total. The van der Waals surface area contributed by atoms with E-state index in [-0.39, 0.29) is 6.61 Å². The molecule has 5 rings (SSSR count). The molecule has 2 aliphatic heterocycles. The number of nitro groups is 1. The number of nitrogens with one attached hydrogen (secondary N) is 1. The standard InChI is InChI=1S/C19H13N3O5S/c1-8-20-18-14(28-8)5-3-10-16(18)15(17-11(21-10)7-27-19(17)24)9-2-4-13(23)12(6-9)22(25)26/h2-6,15,21,23H,7H2,1H3. The summed E-state index contributed by atoms with van der Waals surface area (Å²) < 4.78 is 6.19. The number of nitro benzene ring substituents is 1. The van der Waals surface area contributed by atoms with Gasteiger partial charge in [0.25, 0.3) is 0 Å². The summed E-state index contributed by atoms with van der Waals surface area (Å²) in [7, 11) is 0. The van der Waals surface area contributed by atoms with Gasteiger partial charge in [-0.2, -0.15) is 0 Å². The molecular formula is C19H13N3O5S. The van der Waals surface area contributed by atoms with E-state index in [0.717, 1.165) is 26.5 Å². The van der Waals surface area contributed by atoms with Crippen LogP contribution in [0.1, 0.15) is 22.1 Å². The van der Waals surface area contributed by atoms with Gasteiger partial charge in [-0.1, -0.05) is 6.07 Å². The molecule has 0 saturated carbocycles. The van der Waals surface area contributed by atoms with Crippen molar-refractivity contribution in [1.82, 2.24) is 4.98 Å². The van der Waals surface area contributed by atoms with E-state index in [0.29, 0.717) is 16.8 Å². The number of hydrogen-bond donors (Lipinski definition) is 2. The van der Waals surface area contributed by atoms with Crippen molar-refractivity contribution in [1.29, 1.82) is 0 Å². The summed E-state index contributed by atoms with van der Waals surface area (Å²) in [6.07, 6.45) is 0. The van der Waals surface area contributed by atoms with Crippen molar-refractivity contribution in [2.75, 3.05) is 11.9 Å². The number of aromatic nitrogens is 1. The molecule has 0 fully saturated rings. The molecule has 1 unspecified atom stereocenters. The number of rotatable bonds is 2. The van der Waals surface area contributed by atoms with Crippen molar-refractivity contribution in [3.8, 4) is 5.75 Å². The molecular weight excluding hydrogens is 382 g/mol. The summed E-state index contributed by atoms with van der Waals surface area (Å²) in [6.45, 7) is 2.03. The SMILES string of the molecule is Cc1nc2c3c(ccc2s1)NC1=C(C(=O)OC1)C3c1ccc(O)c([N+](=O)[O-])c1. The molecule has 3 heterocycles. The van der Waals surface area contributed by atoms with Crippen molar-refractivity contribution in [3.63, 3.8) is 0 Å². The number of esters is 1. The first-order chi connectivity index (χ1) is 13.4. The quantitative estimate of drug-likeness (QED) is 0.387. The molecule has 3 aromatic rings. The number of aryl methyl sites for hydroxylation is 1. The zero-order valence-electron chi connectivity index (χ0n) is 14.6. The minimum Gasteiger partial charge on any atom is -0.502 e. The van der Waals surface area contributed by atoms with Crippen LogP contribution in [-0.4, -0.2) is 27.6 Å². The zero-order chi connectivity index (χ0) is 19.6. The molecule has 0 bridgehead atoms. The van der Waals surface area contributed by atoms with Gasteiger partial charge in [0, 0.05) is 23.2 Å². The summed E-state index contributed by atoms with van der Waals surface area (Å²) in [6, 6.07) is 8.07. The van der Waals surface area contributed by atoms with Crippen LogP contribution in [0.25, 0.3) is 10.2 Å². The van der Waals surface area contributed by atoms with E-state index in [9.17, 15) is 20.0 Å². The summed E-state index contributed by atoms with van der Waals surface area (Å²) in [5.41, 5.74) is 3.49. The molecule has 1 aromatic heterocycles. The number of phenols is 1. The Labute approximate surface area is 162 Å². The number of benzene rings is 2. The highest BCUT2D eigenvalue weighted by Crippen LogP contribution is 2.48. The number of fused-ring (bicyclic) bond motifs is 3. The maximum absolute atomic E-state index is 12.5. The highest BCUT2D eigenvalue weighted by atomic mass is 32.1. The van der Waals surface area contributed by atoms with E-state index in [1.807, 2.05) is 19.1 Å². The topological polar surface area (TPSA) is 115 Å². The van der Waals surface area contributed by atoms with Crippen LogP contribution < -0.4 is 5.32 Å². The molecule has 0 spiro atoms. The van der Waals surface area contributed by atoms with E-state index < -0.39 is 28.2 Å². The number of phenolic OH excluding ortho intramolecular Hbond substituents is 1. The summed E-state index contributed by atoms with van der Waals surface area (Å²) in [5, 5.41) is 25.3. The first-order valence-corrected chi connectivity index (χ1v) is 9.30. The Morgan fingerprint density at radius 2 is 2.18 bits per heavy atom. The lowest BCUT2D eigenvalue weighted by Gasteiger charge is -2.27. The number of ether oxygens (including phenoxy) is 1.